The highest BCUT2D eigenvalue weighted by atomic mass is 127. The summed E-state index contributed by atoms with van der Waals surface area (Å²) in [7, 11) is 0. The van der Waals surface area contributed by atoms with Gasteiger partial charge in [0.1, 0.15) is 12.3 Å². The smallest absolute Gasteiger partial charge is 0.304 e. The fourth-order valence-electron chi connectivity index (χ4n) is 2.42. The van der Waals surface area contributed by atoms with Gasteiger partial charge in [-0.05, 0) is 41.0 Å². The van der Waals surface area contributed by atoms with Crippen molar-refractivity contribution in [2.24, 2.45) is 0 Å². The summed E-state index contributed by atoms with van der Waals surface area (Å²) in [5, 5.41) is 22.2. The van der Waals surface area contributed by atoms with E-state index in [9.17, 15) is 9.90 Å². The highest BCUT2D eigenvalue weighted by Gasteiger charge is 2.24. The molecular weight excluding hydrogens is 425 g/mol. The van der Waals surface area contributed by atoms with E-state index in [0.717, 1.165) is 12.0 Å². The van der Waals surface area contributed by atoms with Crippen LogP contribution in [0.2, 0.25) is 0 Å². The number of benzene rings is 1. The van der Waals surface area contributed by atoms with Gasteiger partial charge >= 0.3 is 5.97 Å². The number of carboxylic acids is 1. The lowest BCUT2D eigenvalue weighted by Gasteiger charge is -2.12. The third kappa shape index (κ3) is 5.57. The van der Waals surface area contributed by atoms with Gasteiger partial charge in [-0.1, -0.05) is 35.5 Å². The van der Waals surface area contributed by atoms with Gasteiger partial charge in [0.05, 0.1) is 16.6 Å². The van der Waals surface area contributed by atoms with Crippen molar-refractivity contribution >= 4 is 28.6 Å². The number of hydrogen-bond donors (Lipinski definition) is 2. The van der Waals surface area contributed by atoms with Crippen LogP contribution in [0.1, 0.15) is 42.2 Å². The first-order valence-electron chi connectivity index (χ1n) is 7.70. The zero-order valence-electron chi connectivity index (χ0n) is 13.2. The van der Waals surface area contributed by atoms with Gasteiger partial charge in [-0.15, -0.1) is 0 Å². The van der Waals surface area contributed by atoms with E-state index in [1.54, 1.807) is 0 Å². The summed E-state index contributed by atoms with van der Waals surface area (Å²) in [6.07, 6.45) is 1.34. The second kappa shape index (κ2) is 9.75. The Morgan fingerprint density at radius 3 is 2.71 bits per heavy atom. The molecule has 0 aliphatic rings. The highest BCUT2D eigenvalue weighted by Crippen LogP contribution is 2.30. The summed E-state index contributed by atoms with van der Waals surface area (Å²) in [5.41, 5.74) is 1.71. The largest absolute Gasteiger partial charge is 0.481 e. The second-order valence-corrected chi connectivity index (χ2v) is 6.52. The maximum atomic E-state index is 11.1. The van der Waals surface area contributed by atoms with Crippen LogP contribution in [0.4, 0.5) is 0 Å². The van der Waals surface area contributed by atoms with E-state index in [0.29, 0.717) is 34.7 Å². The second-order valence-electron chi connectivity index (χ2n) is 5.44. The van der Waals surface area contributed by atoms with Crippen LogP contribution in [0.3, 0.4) is 0 Å². The fourth-order valence-corrected chi connectivity index (χ4v) is 3.23. The van der Waals surface area contributed by atoms with Gasteiger partial charge < -0.3 is 19.5 Å². The first-order chi connectivity index (χ1) is 11.6. The van der Waals surface area contributed by atoms with Crippen molar-refractivity contribution in [3.05, 3.63) is 50.9 Å². The summed E-state index contributed by atoms with van der Waals surface area (Å²) in [6.45, 7) is 0.845. The number of rotatable bonds is 10. The Kier molecular flexibility index (Phi) is 7.67. The monoisotopic (exact) mass is 445 g/mol. The Labute approximate surface area is 153 Å². The van der Waals surface area contributed by atoms with E-state index in [-0.39, 0.29) is 18.9 Å². The van der Waals surface area contributed by atoms with Gasteiger partial charge in [0.2, 0.25) is 0 Å². The van der Waals surface area contributed by atoms with E-state index in [4.69, 9.17) is 14.4 Å². The number of aromatic nitrogens is 1. The van der Waals surface area contributed by atoms with Gasteiger partial charge in [0.15, 0.2) is 5.76 Å². The Bertz CT molecular complexity index is 644. The minimum absolute atomic E-state index is 0.0217. The Morgan fingerprint density at radius 2 is 2.08 bits per heavy atom. The molecule has 7 heteroatoms. The number of carbonyl (C=O) groups is 1. The van der Waals surface area contributed by atoms with Gasteiger partial charge in [-0.25, -0.2) is 0 Å². The number of halogens is 1. The molecule has 1 aromatic heterocycles. The lowest BCUT2D eigenvalue weighted by Crippen LogP contribution is -2.09. The van der Waals surface area contributed by atoms with E-state index < -0.39 is 5.97 Å². The lowest BCUT2D eigenvalue weighted by atomic mass is 9.96. The van der Waals surface area contributed by atoms with Crippen LogP contribution in [-0.2, 0) is 22.7 Å². The minimum Gasteiger partial charge on any atom is -0.481 e. The average molecular weight is 445 g/mol. The molecule has 0 spiro atoms. The van der Waals surface area contributed by atoms with E-state index >= 15 is 0 Å². The Morgan fingerprint density at radius 1 is 1.33 bits per heavy atom. The molecule has 130 valence electrons. The van der Waals surface area contributed by atoms with Gasteiger partial charge in [-0.2, -0.15) is 0 Å². The third-order valence-corrected chi connectivity index (χ3v) is 4.78. The first-order valence-corrected chi connectivity index (χ1v) is 8.78. The zero-order chi connectivity index (χ0) is 17.4. The summed E-state index contributed by atoms with van der Waals surface area (Å²) in [5.74, 6) is -0.755. The predicted octanol–water partition coefficient (Wildman–Crippen LogP) is 3.33. The maximum absolute atomic E-state index is 11.1. The van der Waals surface area contributed by atoms with Crippen LogP contribution in [0, 0.1) is 3.57 Å². The van der Waals surface area contributed by atoms with Crippen LogP contribution < -0.4 is 0 Å². The Hall–Kier alpha value is -1.45. The molecule has 0 saturated heterocycles. The molecule has 1 aromatic carbocycles. The standard InChI is InChI=1S/C17H20INO5/c18-16-14(10-20)24-19-17(16)13(9-15(21)22)7-4-8-23-11-12-5-2-1-3-6-12/h1-3,5-6,13,20H,4,7-11H2,(H,21,22). The summed E-state index contributed by atoms with van der Waals surface area (Å²) < 4.78 is 11.4. The molecule has 0 fully saturated rings. The SMILES string of the molecule is O=C(O)CC(CCCOCc1ccccc1)c1noc(CO)c1I. The predicted molar refractivity (Wildman–Crippen MR) is 95.5 cm³/mol. The topological polar surface area (TPSA) is 92.8 Å². The van der Waals surface area contributed by atoms with E-state index in [1.807, 2.05) is 52.9 Å². The van der Waals surface area contributed by atoms with Crippen LogP contribution in [0.5, 0.6) is 0 Å². The van der Waals surface area contributed by atoms with Gasteiger partial charge in [0.25, 0.3) is 0 Å². The van der Waals surface area contributed by atoms with E-state index in [1.165, 1.54) is 0 Å². The maximum Gasteiger partial charge on any atom is 0.304 e. The number of aliphatic hydroxyl groups is 1. The molecule has 6 nitrogen and oxygen atoms in total. The summed E-state index contributed by atoms with van der Waals surface area (Å²) >= 11 is 2.03. The average Bonchev–Trinajstić information content (AvgIpc) is 2.95. The normalized spacial score (nSPS) is 12.2. The van der Waals surface area contributed by atoms with Crippen molar-refractivity contribution in [1.29, 1.82) is 0 Å². The molecular formula is C17H20INO5. The number of ether oxygens (including phenoxy) is 1. The summed E-state index contributed by atoms with van der Waals surface area (Å²) in [4.78, 5) is 11.1. The molecule has 24 heavy (non-hydrogen) atoms. The van der Waals surface area contributed by atoms with Crippen LogP contribution in [0.15, 0.2) is 34.9 Å². The molecule has 1 unspecified atom stereocenters. The first kappa shape index (κ1) is 18.9. The number of nitrogens with zero attached hydrogens (tertiary/aromatic N) is 1. The molecule has 1 heterocycles. The van der Waals surface area contributed by atoms with Crippen molar-refractivity contribution in [3.8, 4) is 0 Å². The van der Waals surface area contributed by atoms with Crippen LogP contribution in [0.25, 0.3) is 0 Å². The Balaban J connectivity index is 1.85. The molecule has 0 radical (unpaired) electrons. The number of carboxylic acid groups (broad SMARTS) is 1. The molecule has 1 atom stereocenters. The third-order valence-electron chi connectivity index (χ3n) is 3.63. The zero-order valence-corrected chi connectivity index (χ0v) is 15.3. The number of hydrogen-bond acceptors (Lipinski definition) is 5. The van der Waals surface area contributed by atoms with E-state index in [2.05, 4.69) is 5.16 Å². The molecule has 0 amide bonds. The molecule has 2 rings (SSSR count). The van der Waals surface area contributed by atoms with Gasteiger partial charge in [0, 0.05) is 12.5 Å². The van der Waals surface area contributed by atoms with Crippen LogP contribution >= 0.6 is 22.6 Å². The molecule has 0 saturated carbocycles. The molecule has 2 aromatic rings. The molecule has 0 bridgehead atoms. The lowest BCUT2D eigenvalue weighted by molar-refractivity contribution is -0.137. The van der Waals surface area contributed by atoms with Crippen molar-refractivity contribution in [2.45, 2.75) is 38.4 Å². The number of aliphatic hydroxyl groups excluding tert-OH is 1. The van der Waals surface area contributed by atoms with Gasteiger partial charge in [-0.3, -0.25) is 4.79 Å². The van der Waals surface area contributed by atoms with Crippen LogP contribution in [-0.4, -0.2) is 27.9 Å². The molecule has 2 N–H and O–H groups in total. The molecule has 0 aliphatic heterocycles. The van der Waals surface area contributed by atoms with Crippen molar-refractivity contribution in [2.75, 3.05) is 6.61 Å². The van der Waals surface area contributed by atoms with Crippen molar-refractivity contribution in [3.63, 3.8) is 0 Å². The molecule has 0 aliphatic carbocycles. The highest BCUT2D eigenvalue weighted by molar-refractivity contribution is 14.1. The fraction of sp³-hybridized carbons (Fsp3) is 0.412. The minimum atomic E-state index is -0.880. The summed E-state index contributed by atoms with van der Waals surface area (Å²) in [6, 6.07) is 9.89. The quantitative estimate of drug-likeness (QED) is 0.431. The van der Waals surface area contributed by atoms with Crippen molar-refractivity contribution < 1.29 is 24.3 Å². The van der Waals surface area contributed by atoms with Crippen molar-refractivity contribution in [1.82, 2.24) is 5.16 Å². The number of aliphatic carboxylic acids is 1.